The van der Waals surface area contributed by atoms with Crippen molar-refractivity contribution >= 4 is 46.9 Å². The number of unbranched alkanes of at least 4 members (excludes halogenated alkanes) is 1. The van der Waals surface area contributed by atoms with Gasteiger partial charge in [-0.3, -0.25) is 28.8 Å². The quantitative estimate of drug-likeness (QED) is 0.0976. The highest BCUT2D eigenvalue weighted by molar-refractivity contribution is 6.30. The summed E-state index contributed by atoms with van der Waals surface area (Å²) < 4.78 is 12.8. The van der Waals surface area contributed by atoms with Gasteiger partial charge in [0, 0.05) is 35.2 Å². The van der Waals surface area contributed by atoms with E-state index in [1.54, 1.807) is 36.4 Å². The average Bonchev–Trinajstić information content (AvgIpc) is 3.23. The predicted octanol–water partition coefficient (Wildman–Crippen LogP) is 3.71. The monoisotopic (exact) mass is 828 g/mol. The summed E-state index contributed by atoms with van der Waals surface area (Å²) in [6, 6.07) is 17.3. The normalized spacial score (nSPS) is 17.1. The largest absolute Gasteiger partial charge is 0.507 e. The molecule has 4 aromatic carbocycles. The number of nitrogens with zero attached hydrogens (tertiary/aromatic N) is 1. The van der Waals surface area contributed by atoms with Crippen LogP contribution >= 0.6 is 11.6 Å². The van der Waals surface area contributed by atoms with Gasteiger partial charge in [0.25, 0.3) is 5.91 Å². The molecule has 4 aromatic rings. The first-order valence-electron chi connectivity index (χ1n) is 19.0. The maximum Gasteiger partial charge on any atom is 0.251 e. The number of amides is 5. The van der Waals surface area contributed by atoms with Crippen LogP contribution < -0.4 is 27.0 Å². The van der Waals surface area contributed by atoms with E-state index in [1.807, 2.05) is 12.1 Å². The number of aromatic hydroxyl groups is 2. The molecule has 0 saturated carbocycles. The topological polar surface area (TPSA) is 220 Å². The molecule has 0 radical (unpaired) electrons. The number of nitrogens with two attached hydrogens (primary N) is 1. The van der Waals surface area contributed by atoms with Crippen LogP contribution in [0.3, 0.4) is 0 Å². The lowest BCUT2D eigenvalue weighted by atomic mass is 9.93. The van der Waals surface area contributed by atoms with Crippen LogP contribution in [-0.2, 0) is 30.4 Å². The van der Waals surface area contributed by atoms with Gasteiger partial charge >= 0.3 is 0 Å². The molecule has 0 spiro atoms. The van der Waals surface area contributed by atoms with Gasteiger partial charge in [-0.2, -0.15) is 0 Å². The lowest BCUT2D eigenvalue weighted by molar-refractivity contribution is -0.141. The fourth-order valence-corrected chi connectivity index (χ4v) is 6.82. The fourth-order valence-electron chi connectivity index (χ4n) is 6.69. The molecule has 59 heavy (non-hydrogen) atoms. The molecule has 5 amide bonds. The maximum absolute atomic E-state index is 14.5. The Hall–Kier alpha value is -6.32. The van der Waals surface area contributed by atoms with Gasteiger partial charge in [-0.25, -0.2) is 4.39 Å². The molecule has 8 N–H and O–H groups in total. The van der Waals surface area contributed by atoms with Crippen LogP contribution in [-0.4, -0.2) is 95.4 Å². The number of carbonyl (C=O) groups excluding carboxylic acids is 6. The highest BCUT2D eigenvalue weighted by atomic mass is 35.5. The van der Waals surface area contributed by atoms with E-state index in [1.165, 1.54) is 50.4 Å². The van der Waals surface area contributed by atoms with Crippen LogP contribution in [0.4, 0.5) is 4.39 Å². The molecule has 4 bridgehead atoms. The van der Waals surface area contributed by atoms with E-state index in [4.69, 9.17) is 17.3 Å². The number of alkyl halides is 1. The lowest BCUT2D eigenvalue weighted by Gasteiger charge is -2.32. The summed E-state index contributed by atoms with van der Waals surface area (Å²) in [5.41, 5.74) is 8.57. The zero-order valence-electron chi connectivity index (χ0n) is 32.5. The summed E-state index contributed by atoms with van der Waals surface area (Å²) in [5.74, 6) is -5.05. The third kappa shape index (κ3) is 11.0. The van der Waals surface area contributed by atoms with Crippen LogP contribution in [0.25, 0.3) is 22.3 Å². The standard InChI is InChI=1S/C43H46ClFN6O8/c1-24-39(55)50-35(41(57)47-23-31(52)22-45)20-25-6-16-36(53)32(19-25)33-21-29(13-17-37(33)54)38(42(58)48-24)51(2)43(59)34(5-3-4-18-46)49-40(56)28-9-7-26(8-10-28)27-11-14-30(44)15-12-27/h6-17,19,21,24,34-35,38,53-54H,3-5,18,20,22-23,46H2,1-2H3,(H,47,57)(H,48,58)(H,49,56)(H,50,55). The van der Waals surface area contributed by atoms with E-state index in [9.17, 15) is 43.4 Å². The second kappa shape index (κ2) is 19.9. The van der Waals surface area contributed by atoms with Gasteiger partial charge in [0.05, 0.1) is 6.54 Å². The molecule has 14 nitrogen and oxygen atoms in total. The zero-order valence-corrected chi connectivity index (χ0v) is 33.2. The Morgan fingerprint density at radius 1 is 0.881 bits per heavy atom. The molecule has 16 heteroatoms. The summed E-state index contributed by atoms with van der Waals surface area (Å²) in [6.45, 7) is -0.219. The average molecular weight is 829 g/mol. The van der Waals surface area contributed by atoms with Crippen molar-refractivity contribution in [1.82, 2.24) is 26.2 Å². The number of likely N-dealkylation sites (N-methyl/N-ethyl adjacent to an activating group) is 1. The van der Waals surface area contributed by atoms with Crippen molar-refractivity contribution in [2.75, 3.05) is 26.8 Å². The molecular weight excluding hydrogens is 783 g/mol. The van der Waals surface area contributed by atoms with Crippen LogP contribution in [0, 0.1) is 0 Å². The number of halogens is 2. The third-order valence-corrected chi connectivity index (χ3v) is 10.2. The number of phenolic OH excluding ortho intramolecular Hbond substituents is 2. The number of Topliss-reactive ketones (excluding diaryl/α,β-unsaturated/α-hetero) is 1. The molecule has 1 aliphatic heterocycles. The number of carbonyl (C=O) groups is 6. The fraction of sp³-hybridized carbons (Fsp3) is 0.302. The number of hydrogen-bond donors (Lipinski definition) is 7. The minimum absolute atomic E-state index is 0.0824. The van der Waals surface area contributed by atoms with E-state index in [2.05, 4.69) is 21.3 Å². The Bertz CT molecular complexity index is 2200. The van der Waals surface area contributed by atoms with Gasteiger partial charge in [-0.05, 0) is 104 Å². The number of phenols is 2. The van der Waals surface area contributed by atoms with Gasteiger partial charge in [-0.1, -0.05) is 48.0 Å². The first-order chi connectivity index (χ1) is 28.2. The number of hydrogen-bond acceptors (Lipinski definition) is 9. The summed E-state index contributed by atoms with van der Waals surface area (Å²) in [5, 5.41) is 32.9. The molecule has 1 heterocycles. The molecular formula is C43H46ClFN6O8. The second-order valence-corrected chi connectivity index (χ2v) is 14.7. The summed E-state index contributed by atoms with van der Waals surface area (Å²) in [4.78, 5) is 81.9. The first-order valence-corrected chi connectivity index (χ1v) is 19.3. The molecule has 0 aromatic heterocycles. The first kappa shape index (κ1) is 43.8. The van der Waals surface area contributed by atoms with Gasteiger partial charge in [0.2, 0.25) is 23.6 Å². The van der Waals surface area contributed by atoms with Gasteiger partial charge in [-0.15, -0.1) is 0 Å². The Morgan fingerprint density at radius 3 is 2.15 bits per heavy atom. The van der Waals surface area contributed by atoms with Crippen LogP contribution in [0.15, 0.2) is 84.9 Å². The molecule has 0 saturated heterocycles. The Labute approximate surface area is 345 Å². The van der Waals surface area contributed by atoms with Crippen LogP contribution in [0.2, 0.25) is 5.02 Å². The molecule has 4 atom stereocenters. The minimum Gasteiger partial charge on any atom is -0.507 e. The molecule has 4 unspecified atom stereocenters. The van der Waals surface area contributed by atoms with E-state index < -0.39 is 72.7 Å². The Balaban J connectivity index is 1.49. The van der Waals surface area contributed by atoms with Crippen molar-refractivity contribution in [2.45, 2.75) is 56.8 Å². The number of nitrogens with one attached hydrogen (secondary N) is 4. The van der Waals surface area contributed by atoms with Gasteiger partial charge in [0.1, 0.15) is 42.3 Å². The molecule has 310 valence electrons. The molecule has 1 aliphatic rings. The Kier molecular flexibility index (Phi) is 14.8. The highest BCUT2D eigenvalue weighted by Gasteiger charge is 2.36. The zero-order chi connectivity index (χ0) is 42.8. The lowest BCUT2D eigenvalue weighted by Crippen LogP contribution is -2.56. The van der Waals surface area contributed by atoms with E-state index >= 15 is 0 Å². The highest BCUT2D eigenvalue weighted by Crippen LogP contribution is 2.39. The summed E-state index contributed by atoms with van der Waals surface area (Å²) in [6.07, 6.45) is 1.02. The number of fused-ring (bicyclic) bond motifs is 5. The number of rotatable bonds is 13. The molecule has 5 rings (SSSR count). The van der Waals surface area contributed by atoms with Crippen molar-refractivity contribution < 1.29 is 43.4 Å². The van der Waals surface area contributed by atoms with Crippen LogP contribution in [0.5, 0.6) is 11.5 Å². The van der Waals surface area contributed by atoms with Crippen molar-refractivity contribution in [3.63, 3.8) is 0 Å². The molecule has 0 aliphatic carbocycles. The summed E-state index contributed by atoms with van der Waals surface area (Å²) >= 11 is 6.03. The van der Waals surface area contributed by atoms with Crippen molar-refractivity contribution in [3.8, 4) is 33.8 Å². The van der Waals surface area contributed by atoms with Crippen LogP contribution in [0.1, 0.15) is 53.7 Å². The van der Waals surface area contributed by atoms with E-state index in [0.29, 0.717) is 30.0 Å². The SMILES string of the molecule is CC1NC(=O)C(N(C)C(=O)C(CCCCN)NC(=O)c2ccc(-c3ccc(Cl)cc3)cc2)c2ccc(O)c(c2)-c2cc(ccc2O)CC(C(=O)NCC(=O)CF)NC1=O. The predicted molar refractivity (Wildman–Crippen MR) is 219 cm³/mol. The van der Waals surface area contributed by atoms with Gasteiger partial charge < -0.3 is 42.1 Å². The second-order valence-electron chi connectivity index (χ2n) is 14.3. The Morgan fingerprint density at radius 2 is 1.51 bits per heavy atom. The van der Waals surface area contributed by atoms with E-state index in [0.717, 1.165) is 16.0 Å². The summed E-state index contributed by atoms with van der Waals surface area (Å²) in [7, 11) is 1.37. The minimum atomic E-state index is -1.45. The maximum atomic E-state index is 14.5. The smallest absolute Gasteiger partial charge is 0.251 e. The van der Waals surface area contributed by atoms with Gasteiger partial charge in [0.15, 0.2) is 5.78 Å². The number of ketones is 1. The van der Waals surface area contributed by atoms with Crippen molar-refractivity contribution in [2.24, 2.45) is 5.73 Å². The third-order valence-electron chi connectivity index (χ3n) is 9.98. The number of benzene rings is 4. The van der Waals surface area contributed by atoms with Crippen molar-refractivity contribution in [3.05, 3.63) is 107 Å². The molecule has 0 fully saturated rings. The van der Waals surface area contributed by atoms with Crippen molar-refractivity contribution in [1.29, 1.82) is 0 Å². The van der Waals surface area contributed by atoms with E-state index in [-0.39, 0.29) is 46.6 Å².